The highest BCUT2D eigenvalue weighted by atomic mass is 79.9. The van der Waals surface area contributed by atoms with Gasteiger partial charge in [-0.2, -0.15) is 0 Å². The first-order valence-electron chi connectivity index (χ1n) is 8.42. The fraction of sp³-hybridized carbons (Fsp3) is 0.350. The van der Waals surface area contributed by atoms with Gasteiger partial charge in [-0.1, -0.05) is 33.6 Å². The number of amides is 1. The molecule has 1 atom stereocenters. The number of ether oxygens (including phenoxy) is 1. The predicted molar refractivity (Wildman–Crippen MR) is 106 cm³/mol. The van der Waals surface area contributed by atoms with E-state index in [1.54, 1.807) is 0 Å². The number of carbonyl (C=O) groups is 1. The van der Waals surface area contributed by atoms with Crippen molar-refractivity contribution >= 4 is 27.5 Å². The average molecular weight is 406 g/mol. The van der Waals surface area contributed by atoms with E-state index in [0.717, 1.165) is 38.5 Å². The number of anilines is 1. The smallest absolute Gasteiger partial charge is 0.279 e. The van der Waals surface area contributed by atoms with Crippen LogP contribution in [0, 0.1) is 20.8 Å². The molecule has 25 heavy (non-hydrogen) atoms. The van der Waals surface area contributed by atoms with Gasteiger partial charge in [0.25, 0.3) is 5.91 Å². The SMILES string of the molecule is Cc1cc(C)c(NC(=O)C[NH+](C)CCOc2ccc(Br)cc2)c(C)c1. The summed E-state index contributed by atoms with van der Waals surface area (Å²) in [6, 6.07) is 11.9. The van der Waals surface area contributed by atoms with Gasteiger partial charge in [-0.3, -0.25) is 4.79 Å². The molecule has 1 amide bonds. The van der Waals surface area contributed by atoms with Crippen LogP contribution >= 0.6 is 15.9 Å². The molecule has 0 spiro atoms. The highest BCUT2D eigenvalue weighted by molar-refractivity contribution is 9.10. The number of carbonyl (C=O) groups excluding carboxylic acids is 1. The molecule has 0 aliphatic heterocycles. The number of likely N-dealkylation sites (N-methyl/N-ethyl adjacent to an activating group) is 1. The van der Waals surface area contributed by atoms with E-state index in [4.69, 9.17) is 4.74 Å². The molecule has 1 unspecified atom stereocenters. The quantitative estimate of drug-likeness (QED) is 0.743. The monoisotopic (exact) mass is 405 g/mol. The van der Waals surface area contributed by atoms with Gasteiger partial charge in [-0.15, -0.1) is 0 Å². The summed E-state index contributed by atoms with van der Waals surface area (Å²) in [4.78, 5) is 13.4. The zero-order valence-electron chi connectivity index (χ0n) is 15.3. The van der Waals surface area contributed by atoms with E-state index in [-0.39, 0.29) is 5.91 Å². The van der Waals surface area contributed by atoms with Crippen LogP contribution < -0.4 is 15.0 Å². The van der Waals surface area contributed by atoms with Crippen LogP contribution in [0.2, 0.25) is 0 Å². The van der Waals surface area contributed by atoms with Crippen molar-refractivity contribution < 1.29 is 14.4 Å². The maximum Gasteiger partial charge on any atom is 0.279 e. The van der Waals surface area contributed by atoms with Crippen molar-refractivity contribution in [1.29, 1.82) is 0 Å². The second-order valence-electron chi connectivity index (χ2n) is 6.51. The van der Waals surface area contributed by atoms with E-state index in [0.29, 0.717) is 13.2 Å². The minimum absolute atomic E-state index is 0.0243. The Morgan fingerprint density at radius 2 is 1.72 bits per heavy atom. The van der Waals surface area contributed by atoms with Gasteiger partial charge in [-0.05, 0) is 56.2 Å². The Kier molecular flexibility index (Phi) is 7.02. The molecule has 0 bridgehead atoms. The first-order chi connectivity index (χ1) is 11.8. The third kappa shape index (κ3) is 6.18. The minimum atomic E-state index is 0.0243. The lowest BCUT2D eigenvalue weighted by molar-refractivity contribution is -0.871. The Balaban J connectivity index is 1.79. The molecule has 2 N–H and O–H groups in total. The summed E-state index contributed by atoms with van der Waals surface area (Å²) in [5.41, 5.74) is 4.33. The number of quaternary nitrogens is 1. The van der Waals surface area contributed by atoms with Gasteiger partial charge in [0, 0.05) is 10.2 Å². The number of aryl methyl sites for hydroxylation is 3. The van der Waals surface area contributed by atoms with Crippen molar-refractivity contribution in [1.82, 2.24) is 0 Å². The summed E-state index contributed by atoms with van der Waals surface area (Å²) < 4.78 is 6.74. The van der Waals surface area contributed by atoms with Gasteiger partial charge in [0.1, 0.15) is 18.9 Å². The summed E-state index contributed by atoms with van der Waals surface area (Å²) >= 11 is 3.40. The fourth-order valence-electron chi connectivity index (χ4n) is 2.80. The van der Waals surface area contributed by atoms with E-state index >= 15 is 0 Å². The normalized spacial score (nSPS) is 11.9. The molecule has 0 aliphatic rings. The van der Waals surface area contributed by atoms with Gasteiger partial charge in [0.15, 0.2) is 6.54 Å². The van der Waals surface area contributed by atoms with Crippen molar-refractivity contribution in [3.8, 4) is 5.75 Å². The molecule has 0 fully saturated rings. The summed E-state index contributed by atoms with van der Waals surface area (Å²) in [5, 5.41) is 3.05. The van der Waals surface area contributed by atoms with Crippen LogP contribution in [0.25, 0.3) is 0 Å². The zero-order valence-corrected chi connectivity index (χ0v) is 16.9. The topological polar surface area (TPSA) is 42.8 Å². The second-order valence-corrected chi connectivity index (χ2v) is 7.42. The molecule has 0 saturated heterocycles. The number of hydrogen-bond acceptors (Lipinski definition) is 2. The molecular weight excluding hydrogens is 380 g/mol. The molecule has 2 rings (SSSR count). The summed E-state index contributed by atoms with van der Waals surface area (Å²) in [5.74, 6) is 0.863. The first-order valence-corrected chi connectivity index (χ1v) is 9.22. The van der Waals surface area contributed by atoms with Crippen LogP contribution in [0.1, 0.15) is 16.7 Å². The van der Waals surface area contributed by atoms with Crippen molar-refractivity contribution in [2.75, 3.05) is 32.1 Å². The van der Waals surface area contributed by atoms with Gasteiger partial charge < -0.3 is 15.0 Å². The highest BCUT2D eigenvalue weighted by Gasteiger charge is 2.13. The van der Waals surface area contributed by atoms with Crippen LogP contribution in [-0.4, -0.2) is 32.7 Å². The molecule has 2 aromatic rings. The molecule has 0 heterocycles. The minimum Gasteiger partial charge on any atom is -0.488 e. The van der Waals surface area contributed by atoms with Gasteiger partial charge >= 0.3 is 0 Å². The third-order valence-electron chi connectivity index (χ3n) is 4.01. The van der Waals surface area contributed by atoms with Gasteiger partial charge in [0.05, 0.1) is 7.05 Å². The van der Waals surface area contributed by atoms with Crippen LogP contribution in [0.5, 0.6) is 5.75 Å². The molecule has 0 saturated carbocycles. The Labute approximate surface area is 158 Å². The Morgan fingerprint density at radius 3 is 2.32 bits per heavy atom. The molecule has 0 aromatic heterocycles. The number of hydrogen-bond donors (Lipinski definition) is 2. The van der Waals surface area contributed by atoms with Crippen LogP contribution in [0.3, 0.4) is 0 Å². The number of benzene rings is 2. The highest BCUT2D eigenvalue weighted by Crippen LogP contribution is 2.21. The summed E-state index contributed by atoms with van der Waals surface area (Å²) in [6.45, 7) is 7.86. The number of rotatable bonds is 7. The van der Waals surface area contributed by atoms with Crippen LogP contribution in [0.4, 0.5) is 5.69 Å². The standard InChI is InChI=1S/C20H25BrN2O2/c1-14-11-15(2)20(16(3)12-14)22-19(24)13-23(4)9-10-25-18-7-5-17(21)6-8-18/h5-8,11-12H,9-10,13H2,1-4H3,(H,22,24)/p+1. The van der Waals surface area contributed by atoms with Crippen LogP contribution in [-0.2, 0) is 4.79 Å². The lowest BCUT2D eigenvalue weighted by atomic mass is 10.1. The molecule has 4 nitrogen and oxygen atoms in total. The van der Waals surface area contributed by atoms with Crippen molar-refractivity contribution in [3.63, 3.8) is 0 Å². The summed E-state index contributed by atoms with van der Waals surface area (Å²) in [7, 11) is 2.00. The molecule has 2 aromatic carbocycles. The molecule has 0 aliphatic carbocycles. The van der Waals surface area contributed by atoms with Crippen LogP contribution in [0.15, 0.2) is 40.9 Å². The lowest BCUT2D eigenvalue weighted by Crippen LogP contribution is -3.10. The molecule has 5 heteroatoms. The van der Waals surface area contributed by atoms with E-state index in [1.807, 2.05) is 45.2 Å². The fourth-order valence-corrected chi connectivity index (χ4v) is 3.06. The van der Waals surface area contributed by atoms with E-state index in [2.05, 4.69) is 40.3 Å². The first kappa shape index (κ1) is 19.5. The lowest BCUT2D eigenvalue weighted by Gasteiger charge is -2.16. The maximum atomic E-state index is 12.3. The van der Waals surface area contributed by atoms with Gasteiger partial charge in [0.2, 0.25) is 0 Å². The number of halogens is 1. The Hall–Kier alpha value is -1.85. The van der Waals surface area contributed by atoms with E-state index in [9.17, 15) is 4.79 Å². The van der Waals surface area contributed by atoms with E-state index < -0.39 is 0 Å². The third-order valence-corrected chi connectivity index (χ3v) is 4.54. The summed E-state index contributed by atoms with van der Waals surface area (Å²) in [6.07, 6.45) is 0. The van der Waals surface area contributed by atoms with E-state index in [1.165, 1.54) is 5.56 Å². The Bertz CT molecular complexity index is 706. The Morgan fingerprint density at radius 1 is 1.12 bits per heavy atom. The number of nitrogens with one attached hydrogen (secondary N) is 2. The van der Waals surface area contributed by atoms with Gasteiger partial charge in [-0.25, -0.2) is 0 Å². The van der Waals surface area contributed by atoms with Crippen molar-refractivity contribution in [3.05, 3.63) is 57.6 Å². The second kappa shape index (κ2) is 9.02. The predicted octanol–water partition coefficient (Wildman–Crippen LogP) is 2.91. The zero-order chi connectivity index (χ0) is 18.4. The molecule has 134 valence electrons. The molecule has 0 radical (unpaired) electrons. The maximum absolute atomic E-state index is 12.3. The molecular formula is C20H26BrN2O2+. The largest absolute Gasteiger partial charge is 0.488 e. The average Bonchev–Trinajstić information content (AvgIpc) is 2.52. The van der Waals surface area contributed by atoms with Crippen molar-refractivity contribution in [2.45, 2.75) is 20.8 Å². The van der Waals surface area contributed by atoms with Crippen molar-refractivity contribution in [2.24, 2.45) is 0 Å².